The summed E-state index contributed by atoms with van der Waals surface area (Å²) >= 11 is 3.46. The molecule has 262 valence electrons. The highest BCUT2D eigenvalue weighted by Crippen LogP contribution is 2.22. The molecule has 4 rings (SSSR count). The number of aliphatic hydroxyl groups is 1. The van der Waals surface area contributed by atoms with E-state index in [2.05, 4.69) is 37.3 Å². The number of rotatable bonds is 10. The predicted molar refractivity (Wildman–Crippen MR) is 188 cm³/mol. The van der Waals surface area contributed by atoms with Gasteiger partial charge >= 0.3 is 6.09 Å². The van der Waals surface area contributed by atoms with Gasteiger partial charge in [0.1, 0.15) is 24.2 Å². The van der Waals surface area contributed by atoms with Crippen molar-refractivity contribution in [1.82, 2.24) is 21.4 Å². The van der Waals surface area contributed by atoms with Gasteiger partial charge in [-0.3, -0.25) is 14.4 Å². The van der Waals surface area contributed by atoms with E-state index in [4.69, 9.17) is 4.74 Å². The number of carbonyl (C=O) groups is 4. The van der Waals surface area contributed by atoms with Crippen molar-refractivity contribution >= 4 is 39.7 Å². The van der Waals surface area contributed by atoms with Crippen LogP contribution in [0.15, 0.2) is 65.2 Å². The summed E-state index contributed by atoms with van der Waals surface area (Å²) in [6, 6.07) is 13.8. The fourth-order valence-corrected chi connectivity index (χ4v) is 5.80. The van der Waals surface area contributed by atoms with Crippen molar-refractivity contribution < 1.29 is 34.0 Å². The third kappa shape index (κ3) is 11.7. The van der Waals surface area contributed by atoms with E-state index in [1.54, 1.807) is 0 Å². The molecule has 0 spiro atoms. The van der Waals surface area contributed by atoms with Gasteiger partial charge in [-0.1, -0.05) is 99.1 Å². The predicted octanol–water partition coefficient (Wildman–Crippen LogP) is 2.76. The quantitative estimate of drug-likeness (QED) is 0.164. The van der Waals surface area contributed by atoms with Crippen molar-refractivity contribution in [3.8, 4) is 0 Å². The molecular formula is C36H51BrN5O6+. The maximum atomic E-state index is 13.9. The lowest BCUT2D eigenvalue weighted by molar-refractivity contribution is -0.950. The average Bonchev–Trinajstić information content (AvgIpc) is 3.03. The number of carbonyl (C=O) groups excluding carboxylic acids is 4. The van der Waals surface area contributed by atoms with E-state index < -0.39 is 41.0 Å². The smallest absolute Gasteiger partial charge is 0.407 e. The summed E-state index contributed by atoms with van der Waals surface area (Å²) < 4.78 is 5.68. The number of fused-ring (bicyclic) bond motifs is 11. The Balaban J connectivity index is 1.87. The number of ether oxygens (including phenoxy) is 1. The summed E-state index contributed by atoms with van der Waals surface area (Å²) in [6.07, 6.45) is 4.32. The molecule has 2 aromatic carbocycles. The van der Waals surface area contributed by atoms with Crippen LogP contribution in [-0.2, 0) is 38.5 Å². The topological polar surface area (TPSA) is 150 Å². The van der Waals surface area contributed by atoms with Crippen molar-refractivity contribution in [3.05, 3.63) is 81.8 Å². The molecule has 0 saturated carbocycles. The molecule has 0 aliphatic carbocycles. The van der Waals surface area contributed by atoms with Gasteiger partial charge < -0.3 is 25.8 Å². The molecule has 0 saturated heterocycles. The van der Waals surface area contributed by atoms with Gasteiger partial charge in [0.25, 0.3) is 11.8 Å². The lowest BCUT2D eigenvalue weighted by Gasteiger charge is -2.32. The van der Waals surface area contributed by atoms with Gasteiger partial charge in [-0.05, 0) is 47.4 Å². The van der Waals surface area contributed by atoms with Crippen LogP contribution in [0, 0.1) is 11.3 Å². The first-order valence-corrected chi connectivity index (χ1v) is 17.2. The van der Waals surface area contributed by atoms with Crippen molar-refractivity contribution in [2.75, 3.05) is 20.2 Å². The number of halogens is 1. The van der Waals surface area contributed by atoms with Crippen LogP contribution in [0.4, 0.5) is 4.79 Å². The Kier molecular flexibility index (Phi) is 14.2. The molecule has 6 N–H and O–H groups in total. The largest absolute Gasteiger partial charge is 0.453 e. The number of hydrogen-bond acceptors (Lipinski definition) is 6. The van der Waals surface area contributed by atoms with Crippen LogP contribution < -0.4 is 26.4 Å². The van der Waals surface area contributed by atoms with Crippen molar-refractivity contribution in [1.29, 1.82) is 0 Å². The van der Waals surface area contributed by atoms with E-state index in [1.165, 1.54) is 7.11 Å². The zero-order valence-corrected chi connectivity index (χ0v) is 30.4. The number of allylic oxidation sites excluding steroid dienone is 1. The van der Waals surface area contributed by atoms with Crippen LogP contribution in [0.1, 0.15) is 64.2 Å². The Morgan fingerprint density at radius 3 is 2.31 bits per heavy atom. The van der Waals surface area contributed by atoms with Gasteiger partial charge in [0.15, 0.2) is 0 Å². The average molecular weight is 730 g/mol. The van der Waals surface area contributed by atoms with Crippen LogP contribution in [0.25, 0.3) is 0 Å². The fourth-order valence-electron chi connectivity index (χ4n) is 5.53. The standard InChI is InChI=1S/C36H50BrN5O6/c1-24(2)29-31(43)38-20-8-7-10-25-11-13-26(14-12-25)22-36(47,33(45)39-29)19-9-21-42(23-27-15-17-28(37)18-16-27)41-32(44)30(35(3,4)5)40-34(46)48-6/h7-8,11-18,24,29-30,47H,9-10,19-23H2,1-6H3,(H,38,43)(H,39,45)(H,40,46)(H,41,44)/p+1/b8-7-/t29-,30+,36+/m0/s1. The minimum Gasteiger partial charge on any atom is -0.453 e. The molecule has 0 aromatic heterocycles. The van der Waals surface area contributed by atoms with Gasteiger partial charge in [-0.2, -0.15) is 0 Å². The second-order valence-electron chi connectivity index (χ2n) is 13.8. The monoisotopic (exact) mass is 728 g/mol. The number of quaternary nitrogens is 1. The Hall–Kier alpha value is -3.74. The summed E-state index contributed by atoms with van der Waals surface area (Å²) in [5, 5.41) is 21.0. The normalized spacial score (nSPS) is 20.8. The third-order valence-electron chi connectivity index (χ3n) is 8.37. The highest BCUT2D eigenvalue weighted by molar-refractivity contribution is 9.10. The van der Waals surface area contributed by atoms with E-state index in [0.29, 0.717) is 37.5 Å². The molecule has 12 heteroatoms. The number of alkyl carbamates (subject to hydrolysis) is 1. The molecule has 4 atom stereocenters. The molecule has 2 bridgehead atoms. The van der Waals surface area contributed by atoms with Crippen LogP contribution >= 0.6 is 15.9 Å². The molecule has 2 heterocycles. The van der Waals surface area contributed by atoms with Crippen molar-refractivity contribution in [2.24, 2.45) is 11.3 Å². The van der Waals surface area contributed by atoms with E-state index in [9.17, 15) is 24.3 Å². The van der Waals surface area contributed by atoms with E-state index in [1.807, 2.05) is 95.3 Å². The Bertz CT molecular complexity index is 1420. The number of amides is 4. The Morgan fingerprint density at radius 2 is 1.71 bits per heavy atom. The number of methoxy groups -OCH3 is 1. The van der Waals surface area contributed by atoms with Gasteiger partial charge in [-0.15, -0.1) is 0 Å². The molecule has 48 heavy (non-hydrogen) atoms. The van der Waals surface area contributed by atoms with Gasteiger partial charge in [-0.25, -0.2) is 15.2 Å². The minimum atomic E-state index is -1.83. The molecule has 0 fully saturated rings. The van der Waals surface area contributed by atoms with Gasteiger partial charge in [0.2, 0.25) is 5.91 Å². The van der Waals surface area contributed by atoms with Crippen LogP contribution in [0.2, 0.25) is 0 Å². The molecule has 2 aromatic rings. The highest BCUT2D eigenvalue weighted by Gasteiger charge is 2.40. The zero-order valence-electron chi connectivity index (χ0n) is 28.8. The summed E-state index contributed by atoms with van der Waals surface area (Å²) in [5.41, 5.74) is 3.39. The second kappa shape index (κ2) is 17.6. The SMILES string of the molecule is COC(=O)N[C@H](C(=O)N[NH+](CCC[C@@]1(O)Cc2ccc(cc2)C/C=C\CNC(=O)[C@H](C(C)C)NC1=O)Cc1ccc(Br)cc1)C(C)(C)C. The molecule has 0 radical (unpaired) electrons. The minimum absolute atomic E-state index is 0.0466. The lowest BCUT2D eigenvalue weighted by Crippen LogP contribution is -3.18. The molecule has 11 nitrogen and oxygen atoms in total. The van der Waals surface area contributed by atoms with Crippen LogP contribution in [0.5, 0.6) is 0 Å². The first-order chi connectivity index (χ1) is 22.6. The van der Waals surface area contributed by atoms with E-state index in [0.717, 1.165) is 21.2 Å². The molecule has 2 aliphatic heterocycles. The second-order valence-corrected chi connectivity index (χ2v) is 14.7. The van der Waals surface area contributed by atoms with Crippen LogP contribution in [-0.4, -0.2) is 66.8 Å². The van der Waals surface area contributed by atoms with Crippen LogP contribution in [0.3, 0.4) is 0 Å². The third-order valence-corrected chi connectivity index (χ3v) is 8.90. The number of benzene rings is 2. The molecule has 4 amide bonds. The van der Waals surface area contributed by atoms with Gasteiger partial charge in [0, 0.05) is 29.4 Å². The van der Waals surface area contributed by atoms with E-state index >= 15 is 0 Å². The van der Waals surface area contributed by atoms with Crippen molar-refractivity contribution in [3.63, 3.8) is 0 Å². The first kappa shape index (κ1) is 38.7. The maximum absolute atomic E-state index is 13.9. The first-order valence-electron chi connectivity index (χ1n) is 16.4. The summed E-state index contributed by atoms with van der Waals surface area (Å²) in [4.78, 5) is 52.6. The number of hydrogen-bond donors (Lipinski definition) is 6. The van der Waals surface area contributed by atoms with Gasteiger partial charge in [0.05, 0.1) is 13.7 Å². The fraction of sp³-hybridized carbons (Fsp3) is 0.500. The Morgan fingerprint density at radius 1 is 1.06 bits per heavy atom. The number of nitrogens with one attached hydrogen (secondary N) is 5. The van der Waals surface area contributed by atoms with E-state index in [-0.39, 0.29) is 24.7 Å². The zero-order chi connectivity index (χ0) is 35.5. The summed E-state index contributed by atoms with van der Waals surface area (Å²) in [7, 11) is 1.24. The maximum Gasteiger partial charge on any atom is 0.407 e. The molecule has 1 unspecified atom stereocenters. The highest BCUT2D eigenvalue weighted by atomic mass is 79.9. The summed E-state index contributed by atoms with van der Waals surface area (Å²) in [6.45, 7) is 10.3. The summed E-state index contributed by atoms with van der Waals surface area (Å²) in [5.74, 6) is -1.56. The molecule has 2 aliphatic rings. The Labute approximate surface area is 292 Å². The molecular weight excluding hydrogens is 678 g/mol. The lowest BCUT2D eigenvalue weighted by atomic mass is 9.86. The van der Waals surface area contributed by atoms with Crippen molar-refractivity contribution in [2.45, 2.75) is 84.5 Å².